The number of rotatable bonds is 4. The van der Waals surface area contributed by atoms with E-state index >= 15 is 0 Å². The van der Waals surface area contributed by atoms with Crippen LogP contribution in [0, 0.1) is 0 Å². The van der Waals surface area contributed by atoms with Crippen LogP contribution in [0.2, 0.25) is 0 Å². The number of pyridine rings is 1. The van der Waals surface area contributed by atoms with Crippen molar-refractivity contribution in [1.29, 1.82) is 0 Å². The molecule has 0 unspecified atom stereocenters. The van der Waals surface area contributed by atoms with Gasteiger partial charge in [-0.1, -0.05) is 103 Å². The van der Waals surface area contributed by atoms with E-state index in [-0.39, 0.29) is 0 Å². The number of hydrogen-bond donors (Lipinski definition) is 0. The number of anilines is 2. The van der Waals surface area contributed by atoms with Gasteiger partial charge in [0, 0.05) is 35.6 Å². The minimum atomic E-state index is 0.832. The molecule has 0 amide bonds. The van der Waals surface area contributed by atoms with Crippen molar-refractivity contribution < 1.29 is 0 Å². The molecule has 0 atom stereocenters. The quantitative estimate of drug-likeness (QED) is 0.199. The molecular formula is C40H28N4. The Morgan fingerprint density at radius 3 is 1.89 bits per heavy atom. The maximum absolute atomic E-state index is 5.20. The summed E-state index contributed by atoms with van der Waals surface area (Å²) < 4.78 is 2.37. The molecule has 0 saturated carbocycles. The Hall–Kier alpha value is -5.74. The summed E-state index contributed by atoms with van der Waals surface area (Å²) in [6.45, 7) is 3.07. The number of fused-ring (bicyclic) bond motifs is 4. The van der Waals surface area contributed by atoms with Crippen LogP contribution in [0.5, 0.6) is 0 Å². The second kappa shape index (κ2) is 9.65. The molecule has 2 aromatic heterocycles. The van der Waals surface area contributed by atoms with Gasteiger partial charge in [-0.05, 0) is 63.9 Å². The first-order valence-corrected chi connectivity index (χ1v) is 15.2. The lowest BCUT2D eigenvalue weighted by Crippen LogP contribution is -2.23. The van der Waals surface area contributed by atoms with E-state index in [2.05, 4.69) is 143 Å². The second-order valence-corrected chi connectivity index (χ2v) is 11.3. The molecule has 0 aliphatic carbocycles. The summed E-state index contributed by atoms with van der Waals surface area (Å²) in [7, 11) is 0. The molecule has 8 aromatic rings. The van der Waals surface area contributed by atoms with Gasteiger partial charge in [-0.2, -0.15) is 0 Å². The minimum absolute atomic E-state index is 0.832. The van der Waals surface area contributed by atoms with Crippen molar-refractivity contribution in [2.75, 3.05) is 11.4 Å². The third-order valence-corrected chi connectivity index (χ3v) is 8.97. The molecule has 9 rings (SSSR count). The average molecular weight is 565 g/mol. The third-order valence-electron chi connectivity index (χ3n) is 8.97. The molecule has 0 N–H and O–H groups in total. The van der Waals surface area contributed by atoms with E-state index in [9.17, 15) is 0 Å². The number of aromatic nitrogens is 3. The van der Waals surface area contributed by atoms with Crippen molar-refractivity contribution in [1.82, 2.24) is 14.5 Å². The average Bonchev–Trinajstić information content (AvgIpc) is 3.49. The largest absolute Gasteiger partial charge is 0.338 e. The van der Waals surface area contributed by atoms with Crippen LogP contribution in [-0.4, -0.2) is 21.1 Å². The van der Waals surface area contributed by atoms with E-state index in [1.807, 2.05) is 18.5 Å². The molecule has 3 heterocycles. The van der Waals surface area contributed by atoms with Crippen molar-refractivity contribution in [2.24, 2.45) is 0 Å². The van der Waals surface area contributed by atoms with E-state index in [1.54, 1.807) is 0 Å². The maximum Gasteiger partial charge on any atom is 0.145 e. The van der Waals surface area contributed by atoms with E-state index in [1.165, 1.54) is 49.6 Å². The van der Waals surface area contributed by atoms with Crippen LogP contribution in [-0.2, 0) is 0 Å². The fourth-order valence-corrected chi connectivity index (χ4v) is 7.23. The van der Waals surface area contributed by atoms with Gasteiger partial charge in [-0.15, -0.1) is 0 Å². The Kier molecular flexibility index (Phi) is 5.44. The maximum atomic E-state index is 5.20. The smallest absolute Gasteiger partial charge is 0.145 e. The summed E-state index contributed by atoms with van der Waals surface area (Å²) in [4.78, 5) is 12.2. The number of hydrogen-bond acceptors (Lipinski definition) is 3. The number of benzene rings is 6. The molecule has 6 aromatic carbocycles. The molecule has 208 valence electrons. The van der Waals surface area contributed by atoms with Gasteiger partial charge in [-0.3, -0.25) is 9.55 Å². The minimum Gasteiger partial charge on any atom is -0.338 e. The zero-order valence-corrected chi connectivity index (χ0v) is 24.3. The Bertz CT molecular complexity index is 2310. The van der Waals surface area contributed by atoms with Crippen molar-refractivity contribution in [2.45, 2.75) is 6.92 Å². The number of nitrogens with zero attached hydrogens (tertiary/aromatic N) is 4. The highest BCUT2D eigenvalue weighted by molar-refractivity contribution is 6.23. The van der Waals surface area contributed by atoms with Gasteiger partial charge in [-0.25, -0.2) is 4.98 Å². The highest BCUT2D eigenvalue weighted by Crippen LogP contribution is 2.52. The van der Waals surface area contributed by atoms with Crippen LogP contribution in [0.4, 0.5) is 11.4 Å². The Balaban J connectivity index is 1.43. The molecule has 1 aliphatic heterocycles. The normalized spacial score (nSPS) is 12.2. The lowest BCUT2D eigenvalue weighted by atomic mass is 9.85. The third kappa shape index (κ3) is 3.45. The predicted octanol–water partition coefficient (Wildman–Crippen LogP) is 10.2. The summed E-state index contributed by atoms with van der Waals surface area (Å²) >= 11 is 0. The zero-order chi connectivity index (χ0) is 29.2. The Morgan fingerprint density at radius 1 is 0.568 bits per heavy atom. The van der Waals surface area contributed by atoms with E-state index in [4.69, 9.17) is 4.98 Å². The van der Waals surface area contributed by atoms with Gasteiger partial charge >= 0.3 is 0 Å². The van der Waals surface area contributed by atoms with Crippen LogP contribution >= 0.6 is 0 Å². The van der Waals surface area contributed by atoms with Gasteiger partial charge in [0.1, 0.15) is 5.82 Å². The molecule has 0 fully saturated rings. The van der Waals surface area contributed by atoms with Crippen LogP contribution < -0.4 is 4.90 Å². The second-order valence-electron chi connectivity index (χ2n) is 11.3. The van der Waals surface area contributed by atoms with Crippen molar-refractivity contribution in [3.8, 4) is 39.3 Å². The summed E-state index contributed by atoms with van der Waals surface area (Å²) in [6, 6.07) is 45.6. The molecule has 0 radical (unpaired) electrons. The predicted molar refractivity (Wildman–Crippen MR) is 183 cm³/mol. The molecule has 0 saturated heterocycles. The van der Waals surface area contributed by atoms with Crippen LogP contribution in [0.15, 0.2) is 140 Å². The molecule has 4 heteroatoms. The summed E-state index contributed by atoms with van der Waals surface area (Å²) in [5.74, 6) is 0.962. The van der Waals surface area contributed by atoms with Crippen LogP contribution in [0.3, 0.4) is 0 Å². The van der Waals surface area contributed by atoms with Gasteiger partial charge < -0.3 is 4.90 Å². The van der Waals surface area contributed by atoms with Gasteiger partial charge in [0.05, 0.1) is 28.1 Å². The molecule has 44 heavy (non-hydrogen) atoms. The van der Waals surface area contributed by atoms with Gasteiger partial charge in [0.25, 0.3) is 0 Å². The first-order valence-electron chi connectivity index (χ1n) is 15.2. The lowest BCUT2D eigenvalue weighted by Gasteiger charge is -2.34. The lowest BCUT2D eigenvalue weighted by molar-refractivity contribution is 0.975. The van der Waals surface area contributed by atoms with E-state index in [0.29, 0.717) is 0 Å². The molecule has 4 nitrogen and oxygen atoms in total. The van der Waals surface area contributed by atoms with Gasteiger partial charge in [0.15, 0.2) is 0 Å². The van der Waals surface area contributed by atoms with Crippen molar-refractivity contribution in [3.05, 3.63) is 140 Å². The molecule has 0 bridgehead atoms. The summed E-state index contributed by atoms with van der Waals surface area (Å²) in [5.41, 5.74) is 11.6. The van der Waals surface area contributed by atoms with Gasteiger partial charge in [0.2, 0.25) is 0 Å². The Labute approximate surface area is 255 Å². The zero-order valence-electron chi connectivity index (χ0n) is 24.3. The van der Waals surface area contributed by atoms with Crippen LogP contribution in [0.1, 0.15) is 6.92 Å². The van der Waals surface area contributed by atoms with Crippen molar-refractivity contribution >= 4 is 44.0 Å². The van der Waals surface area contributed by atoms with E-state index < -0.39 is 0 Å². The number of imidazole rings is 1. The fraction of sp³-hybridized carbons (Fsp3) is 0.0500. The summed E-state index contributed by atoms with van der Waals surface area (Å²) in [6.07, 6.45) is 3.82. The standard InChI is InChI=1S/C40H28N4/c1-2-43-34-22-11-21-33-39(34)44(40(42-33)26-13-4-3-5-14-26)35-23-10-20-32(38(35)43)37-30-18-8-6-16-28(30)36(27-15-12-24-41-25-27)29-17-7-9-19-31(29)37/h3-25H,2H2,1H3. The van der Waals surface area contributed by atoms with Crippen LogP contribution in [0.25, 0.3) is 71.9 Å². The summed E-state index contributed by atoms with van der Waals surface area (Å²) in [5, 5.41) is 4.90. The molecule has 1 aliphatic rings. The molecule has 0 spiro atoms. The number of para-hydroxylation sites is 2. The molecular weight excluding hydrogens is 536 g/mol. The topological polar surface area (TPSA) is 34.0 Å². The first kappa shape index (κ1) is 24.8. The van der Waals surface area contributed by atoms with E-state index in [0.717, 1.165) is 40.2 Å². The van der Waals surface area contributed by atoms with Crippen molar-refractivity contribution in [3.63, 3.8) is 0 Å². The SMILES string of the molecule is CCN1c2c(-c3c4ccccc4c(-c4cccnc4)c4ccccc34)cccc2-n2c(-c3ccccc3)nc3cccc1c32. The fourth-order valence-electron chi connectivity index (χ4n) is 7.23. The highest BCUT2D eigenvalue weighted by atomic mass is 15.2. The highest BCUT2D eigenvalue weighted by Gasteiger charge is 2.31. The Morgan fingerprint density at radius 2 is 1.20 bits per heavy atom. The monoisotopic (exact) mass is 564 g/mol. The first-order chi connectivity index (χ1) is 21.8.